The standard InChI is InChI=1S/C28H31F3N4O3/c29-28(30,31)22-9-7-20(8-10-22)26-17-32-27(38-26)33-25-6-2-1-5-21(25)16-19-4-3-15-34(18-19)23-11-13-24(14-12-23)35(36)37/h7-14,17,19,21,25H,1-6,15-16,18H2,(H,32,33)/t19-,21+,25-/m1/s1. The van der Waals surface area contributed by atoms with Crippen molar-refractivity contribution in [3.05, 3.63) is 70.4 Å². The van der Waals surface area contributed by atoms with E-state index in [2.05, 4.69) is 15.2 Å². The van der Waals surface area contributed by atoms with Gasteiger partial charge in [-0.05, 0) is 68.2 Å². The van der Waals surface area contributed by atoms with Gasteiger partial charge in [-0.25, -0.2) is 4.98 Å². The quantitative estimate of drug-likeness (QED) is 0.252. The first-order chi connectivity index (χ1) is 18.3. The molecule has 38 heavy (non-hydrogen) atoms. The second kappa shape index (κ2) is 11.0. The Hall–Kier alpha value is -3.56. The van der Waals surface area contributed by atoms with Gasteiger partial charge in [-0.3, -0.25) is 10.1 Å². The third-order valence-electron chi connectivity index (χ3n) is 7.80. The number of halogens is 3. The first kappa shape index (κ1) is 26.1. The summed E-state index contributed by atoms with van der Waals surface area (Å²) in [4.78, 5) is 17.3. The molecule has 5 rings (SSSR count). The Bertz CT molecular complexity index is 1230. The van der Waals surface area contributed by atoms with E-state index in [0.717, 1.165) is 69.4 Å². The smallest absolute Gasteiger partial charge is 0.416 e. The summed E-state index contributed by atoms with van der Waals surface area (Å²) in [6.07, 6.45) is 4.94. The molecule has 3 atom stereocenters. The molecule has 2 fully saturated rings. The zero-order chi connectivity index (χ0) is 26.7. The van der Waals surface area contributed by atoms with Crippen molar-refractivity contribution in [2.45, 2.75) is 57.2 Å². The highest BCUT2D eigenvalue weighted by molar-refractivity contribution is 5.58. The van der Waals surface area contributed by atoms with Crippen molar-refractivity contribution in [3.63, 3.8) is 0 Å². The fourth-order valence-corrected chi connectivity index (χ4v) is 5.84. The molecule has 2 aliphatic rings. The lowest BCUT2D eigenvalue weighted by molar-refractivity contribution is -0.384. The van der Waals surface area contributed by atoms with Gasteiger partial charge in [0.1, 0.15) is 0 Å². The topological polar surface area (TPSA) is 84.4 Å². The highest BCUT2D eigenvalue weighted by atomic mass is 19.4. The number of non-ortho nitro benzene ring substituents is 1. The van der Waals surface area contributed by atoms with Crippen molar-refractivity contribution in [1.82, 2.24) is 4.98 Å². The second-order valence-corrected chi connectivity index (χ2v) is 10.4. The maximum Gasteiger partial charge on any atom is 0.416 e. The van der Waals surface area contributed by atoms with Gasteiger partial charge in [0.15, 0.2) is 5.76 Å². The van der Waals surface area contributed by atoms with E-state index in [9.17, 15) is 23.3 Å². The lowest BCUT2D eigenvalue weighted by Gasteiger charge is -2.39. The number of oxazole rings is 1. The predicted octanol–water partition coefficient (Wildman–Crippen LogP) is 7.55. The summed E-state index contributed by atoms with van der Waals surface area (Å²) >= 11 is 0. The Morgan fingerprint density at radius 1 is 1.03 bits per heavy atom. The van der Waals surface area contributed by atoms with Crippen LogP contribution < -0.4 is 10.2 Å². The lowest BCUT2D eigenvalue weighted by atomic mass is 9.77. The van der Waals surface area contributed by atoms with Crippen molar-refractivity contribution >= 4 is 17.4 Å². The minimum absolute atomic E-state index is 0.103. The fourth-order valence-electron chi connectivity index (χ4n) is 5.84. The summed E-state index contributed by atoms with van der Waals surface area (Å²) < 4.78 is 44.5. The molecule has 0 amide bonds. The maximum absolute atomic E-state index is 12.9. The number of benzene rings is 2. The number of aromatic nitrogens is 1. The van der Waals surface area contributed by atoms with Gasteiger partial charge in [0, 0.05) is 42.5 Å². The molecule has 1 aliphatic heterocycles. The largest absolute Gasteiger partial charge is 0.424 e. The number of hydrogen-bond acceptors (Lipinski definition) is 6. The summed E-state index contributed by atoms with van der Waals surface area (Å²) in [5, 5.41) is 14.5. The van der Waals surface area contributed by atoms with Crippen LogP contribution in [-0.4, -0.2) is 29.0 Å². The van der Waals surface area contributed by atoms with Gasteiger partial charge in [-0.1, -0.05) is 25.0 Å². The van der Waals surface area contributed by atoms with Crippen molar-refractivity contribution in [2.24, 2.45) is 11.8 Å². The number of hydrogen-bond donors (Lipinski definition) is 1. The molecule has 0 spiro atoms. The Kier molecular flexibility index (Phi) is 7.58. The Balaban J connectivity index is 1.21. The van der Waals surface area contributed by atoms with Crippen molar-refractivity contribution in [3.8, 4) is 11.3 Å². The number of nitro benzene ring substituents is 1. The normalized spacial score (nSPS) is 22.3. The van der Waals surface area contributed by atoms with Crippen LogP contribution in [0.4, 0.5) is 30.6 Å². The van der Waals surface area contributed by atoms with Crippen LogP contribution in [-0.2, 0) is 6.18 Å². The van der Waals surface area contributed by atoms with E-state index >= 15 is 0 Å². The molecule has 2 aromatic carbocycles. The van der Waals surface area contributed by atoms with Gasteiger partial charge in [0.2, 0.25) is 0 Å². The van der Waals surface area contributed by atoms with E-state index in [1.807, 2.05) is 12.1 Å². The molecular formula is C28H31F3N4O3. The Morgan fingerprint density at radius 3 is 2.47 bits per heavy atom. The van der Waals surface area contributed by atoms with Crippen LogP contribution in [0.5, 0.6) is 0 Å². The molecule has 7 nitrogen and oxygen atoms in total. The van der Waals surface area contributed by atoms with Crippen LogP contribution in [0.2, 0.25) is 0 Å². The molecule has 1 saturated carbocycles. The first-order valence-corrected chi connectivity index (χ1v) is 13.2. The van der Waals surface area contributed by atoms with Crippen molar-refractivity contribution < 1.29 is 22.5 Å². The van der Waals surface area contributed by atoms with E-state index in [1.54, 1.807) is 18.3 Å². The summed E-state index contributed by atoms with van der Waals surface area (Å²) in [5.41, 5.74) is 0.979. The molecule has 1 aromatic heterocycles. The number of nitrogens with one attached hydrogen (secondary N) is 1. The minimum atomic E-state index is -4.38. The average molecular weight is 529 g/mol. The van der Waals surface area contributed by atoms with Crippen LogP contribution in [0.1, 0.15) is 50.5 Å². The third kappa shape index (κ3) is 6.11. The third-order valence-corrected chi connectivity index (χ3v) is 7.80. The van der Waals surface area contributed by atoms with E-state index in [4.69, 9.17) is 4.42 Å². The number of rotatable bonds is 7. The predicted molar refractivity (Wildman–Crippen MR) is 139 cm³/mol. The molecule has 0 unspecified atom stereocenters. The SMILES string of the molecule is O=[N+]([O-])c1ccc(N2CCC[C@H](C[C@@H]3CCCC[C@H]3Nc3ncc(-c4ccc(C(F)(F)F)cc4)o3)C2)cc1. The van der Waals surface area contributed by atoms with E-state index in [1.165, 1.54) is 18.6 Å². The second-order valence-electron chi connectivity index (χ2n) is 10.4. The maximum atomic E-state index is 12.9. The van der Waals surface area contributed by atoms with Crippen LogP contribution in [0.3, 0.4) is 0 Å². The summed E-state index contributed by atoms with van der Waals surface area (Å²) in [6.45, 7) is 1.88. The number of alkyl halides is 3. The summed E-state index contributed by atoms with van der Waals surface area (Å²) in [5.74, 6) is 1.42. The number of nitro groups is 1. The molecule has 10 heteroatoms. The molecule has 3 aromatic rings. The van der Waals surface area contributed by atoms with Gasteiger partial charge in [-0.2, -0.15) is 13.2 Å². The lowest BCUT2D eigenvalue weighted by Crippen LogP contribution is -2.39. The number of nitrogens with zero attached hydrogens (tertiary/aromatic N) is 3. The van der Waals surface area contributed by atoms with Crippen LogP contribution >= 0.6 is 0 Å². The fraction of sp³-hybridized carbons (Fsp3) is 0.464. The molecule has 1 aliphatic carbocycles. The number of anilines is 2. The average Bonchev–Trinajstić information content (AvgIpc) is 3.38. The monoisotopic (exact) mass is 528 g/mol. The van der Waals surface area contributed by atoms with Gasteiger partial charge in [-0.15, -0.1) is 0 Å². The van der Waals surface area contributed by atoms with Gasteiger partial charge < -0.3 is 14.6 Å². The zero-order valence-corrected chi connectivity index (χ0v) is 21.0. The highest BCUT2D eigenvalue weighted by Gasteiger charge is 2.32. The summed E-state index contributed by atoms with van der Waals surface area (Å²) in [7, 11) is 0. The number of piperidine rings is 1. The summed E-state index contributed by atoms with van der Waals surface area (Å²) in [6, 6.07) is 12.3. The van der Waals surface area contributed by atoms with E-state index in [0.29, 0.717) is 29.2 Å². The highest BCUT2D eigenvalue weighted by Crippen LogP contribution is 2.36. The van der Waals surface area contributed by atoms with Gasteiger partial charge in [0.05, 0.1) is 16.7 Å². The van der Waals surface area contributed by atoms with E-state index < -0.39 is 11.7 Å². The Morgan fingerprint density at radius 2 is 1.76 bits per heavy atom. The van der Waals surface area contributed by atoms with Crippen LogP contribution in [0, 0.1) is 22.0 Å². The molecule has 0 radical (unpaired) electrons. The molecule has 1 saturated heterocycles. The van der Waals surface area contributed by atoms with Gasteiger partial charge in [0.25, 0.3) is 11.7 Å². The zero-order valence-electron chi connectivity index (χ0n) is 21.0. The van der Waals surface area contributed by atoms with Crippen LogP contribution in [0.15, 0.2) is 59.1 Å². The molecule has 0 bridgehead atoms. The minimum Gasteiger partial charge on any atom is -0.424 e. The molecule has 2 heterocycles. The Labute approximate surface area is 219 Å². The van der Waals surface area contributed by atoms with Crippen LogP contribution in [0.25, 0.3) is 11.3 Å². The molecular weight excluding hydrogens is 497 g/mol. The van der Waals surface area contributed by atoms with Crippen molar-refractivity contribution in [1.29, 1.82) is 0 Å². The molecule has 1 N–H and O–H groups in total. The van der Waals surface area contributed by atoms with E-state index in [-0.39, 0.29) is 16.7 Å². The first-order valence-electron chi connectivity index (χ1n) is 13.2. The van der Waals surface area contributed by atoms with Gasteiger partial charge >= 0.3 is 6.18 Å². The molecule has 202 valence electrons. The van der Waals surface area contributed by atoms with Crippen molar-refractivity contribution in [2.75, 3.05) is 23.3 Å².